The molecule has 0 aromatic heterocycles. The minimum Gasteiger partial charge on any atom is -0.507 e. The van der Waals surface area contributed by atoms with E-state index in [0.29, 0.717) is 10.0 Å². The summed E-state index contributed by atoms with van der Waals surface area (Å²) in [6.07, 6.45) is 3.14. The molecule has 1 N–H and O–H groups in total. The van der Waals surface area contributed by atoms with Gasteiger partial charge in [-0.05, 0) is 47.7 Å². The molecule has 2 nitrogen and oxygen atoms in total. The highest BCUT2D eigenvalue weighted by atomic mass is 35.5. The van der Waals surface area contributed by atoms with Crippen LogP contribution in [0.1, 0.15) is 21.5 Å². The Labute approximate surface area is 150 Å². The minimum atomic E-state index is -0.312. The van der Waals surface area contributed by atoms with Gasteiger partial charge in [0.15, 0.2) is 5.78 Å². The third-order valence-electron chi connectivity index (χ3n) is 3.86. The SMILES string of the molecule is Cc1cc(O)c(C(=O)/C=C/c2ccc(Cl)c3ccccc23)cc1Cl. The van der Waals surface area contributed by atoms with E-state index >= 15 is 0 Å². The fourth-order valence-electron chi connectivity index (χ4n) is 2.55. The van der Waals surface area contributed by atoms with Gasteiger partial charge in [-0.25, -0.2) is 0 Å². The molecule has 0 spiro atoms. The highest BCUT2D eigenvalue weighted by Gasteiger charge is 2.11. The van der Waals surface area contributed by atoms with Crippen LogP contribution in [0.2, 0.25) is 10.0 Å². The first-order chi connectivity index (χ1) is 11.5. The van der Waals surface area contributed by atoms with Gasteiger partial charge in [0.05, 0.1) is 5.56 Å². The molecule has 0 bridgehead atoms. The monoisotopic (exact) mass is 356 g/mol. The number of aromatic hydroxyl groups is 1. The zero-order valence-corrected chi connectivity index (χ0v) is 14.4. The molecule has 0 saturated heterocycles. The van der Waals surface area contributed by atoms with Crippen molar-refractivity contribution in [2.75, 3.05) is 0 Å². The summed E-state index contributed by atoms with van der Waals surface area (Å²) in [6.45, 7) is 1.77. The number of carbonyl (C=O) groups is 1. The lowest BCUT2D eigenvalue weighted by Gasteiger charge is -2.06. The Morgan fingerprint density at radius 3 is 2.46 bits per heavy atom. The third-order valence-corrected chi connectivity index (χ3v) is 4.60. The molecule has 120 valence electrons. The van der Waals surface area contributed by atoms with E-state index in [1.807, 2.05) is 30.3 Å². The normalized spacial score (nSPS) is 11.3. The smallest absolute Gasteiger partial charge is 0.189 e. The first-order valence-electron chi connectivity index (χ1n) is 7.36. The van der Waals surface area contributed by atoms with E-state index in [0.717, 1.165) is 21.9 Å². The number of ketones is 1. The van der Waals surface area contributed by atoms with Crippen LogP contribution in [0.5, 0.6) is 5.75 Å². The van der Waals surface area contributed by atoms with Crippen molar-refractivity contribution in [1.29, 1.82) is 0 Å². The second-order valence-electron chi connectivity index (χ2n) is 5.50. The zero-order chi connectivity index (χ0) is 17.3. The zero-order valence-electron chi connectivity index (χ0n) is 12.9. The van der Waals surface area contributed by atoms with E-state index in [-0.39, 0.29) is 17.1 Å². The van der Waals surface area contributed by atoms with Crippen molar-refractivity contribution in [3.8, 4) is 5.75 Å². The van der Waals surface area contributed by atoms with Crippen LogP contribution >= 0.6 is 23.2 Å². The summed E-state index contributed by atoms with van der Waals surface area (Å²) in [7, 11) is 0. The Bertz CT molecular complexity index is 975. The molecule has 0 fully saturated rings. The van der Waals surface area contributed by atoms with Crippen molar-refractivity contribution in [2.24, 2.45) is 0 Å². The van der Waals surface area contributed by atoms with Gasteiger partial charge >= 0.3 is 0 Å². The van der Waals surface area contributed by atoms with Crippen molar-refractivity contribution < 1.29 is 9.90 Å². The average Bonchev–Trinajstić information content (AvgIpc) is 2.57. The van der Waals surface area contributed by atoms with Crippen LogP contribution in [0, 0.1) is 6.92 Å². The number of hydrogen-bond donors (Lipinski definition) is 1. The van der Waals surface area contributed by atoms with Crippen LogP contribution in [-0.4, -0.2) is 10.9 Å². The summed E-state index contributed by atoms with van der Waals surface area (Å²) in [6, 6.07) is 14.3. The maximum atomic E-state index is 12.4. The van der Waals surface area contributed by atoms with E-state index in [2.05, 4.69) is 0 Å². The summed E-state index contributed by atoms with van der Waals surface area (Å²) < 4.78 is 0. The lowest BCUT2D eigenvalue weighted by atomic mass is 10.0. The number of phenols is 1. The molecule has 0 radical (unpaired) electrons. The van der Waals surface area contributed by atoms with E-state index in [1.54, 1.807) is 19.1 Å². The van der Waals surface area contributed by atoms with Crippen LogP contribution in [-0.2, 0) is 0 Å². The molecule has 0 heterocycles. The summed E-state index contributed by atoms with van der Waals surface area (Å²) in [4.78, 5) is 12.4. The second kappa shape index (κ2) is 6.68. The summed E-state index contributed by atoms with van der Waals surface area (Å²) in [5.41, 5.74) is 1.78. The Balaban J connectivity index is 1.99. The number of hydrogen-bond acceptors (Lipinski definition) is 2. The van der Waals surface area contributed by atoms with Crippen molar-refractivity contribution in [2.45, 2.75) is 6.92 Å². The van der Waals surface area contributed by atoms with Gasteiger partial charge in [-0.3, -0.25) is 4.79 Å². The van der Waals surface area contributed by atoms with Crippen LogP contribution in [0.3, 0.4) is 0 Å². The van der Waals surface area contributed by atoms with Crippen LogP contribution in [0.15, 0.2) is 54.6 Å². The molecule has 0 aliphatic heterocycles. The summed E-state index contributed by atoms with van der Waals surface area (Å²) in [5, 5.41) is 13.0. The van der Waals surface area contributed by atoms with Gasteiger partial charge in [-0.15, -0.1) is 0 Å². The molecule has 0 saturated carbocycles. The molecule has 3 aromatic rings. The fraction of sp³-hybridized carbons (Fsp3) is 0.0500. The fourth-order valence-corrected chi connectivity index (χ4v) is 2.94. The van der Waals surface area contributed by atoms with E-state index in [4.69, 9.17) is 23.2 Å². The van der Waals surface area contributed by atoms with Crippen molar-refractivity contribution >= 4 is 45.8 Å². The largest absolute Gasteiger partial charge is 0.507 e. The lowest BCUT2D eigenvalue weighted by molar-refractivity contribution is 0.104. The molecule has 24 heavy (non-hydrogen) atoms. The lowest BCUT2D eigenvalue weighted by Crippen LogP contribution is -1.96. The van der Waals surface area contributed by atoms with Gasteiger partial charge in [0.1, 0.15) is 5.75 Å². The molecule has 0 unspecified atom stereocenters. The third kappa shape index (κ3) is 3.16. The second-order valence-corrected chi connectivity index (χ2v) is 6.31. The molecule has 0 aliphatic carbocycles. The number of carbonyl (C=O) groups excluding carboxylic acids is 1. The van der Waals surface area contributed by atoms with Gasteiger partial charge < -0.3 is 5.11 Å². The number of fused-ring (bicyclic) bond motifs is 1. The van der Waals surface area contributed by atoms with Gasteiger partial charge in [0.2, 0.25) is 0 Å². The maximum absolute atomic E-state index is 12.4. The molecule has 0 amide bonds. The van der Waals surface area contributed by atoms with E-state index < -0.39 is 0 Å². The number of allylic oxidation sites excluding steroid dienone is 1. The standard InChI is InChI=1S/C20H14Cl2O2/c1-12-10-20(24)16(11-18(12)22)19(23)9-7-13-6-8-17(21)15-5-3-2-4-14(13)15/h2-11,24H,1H3/b9-7+. The van der Waals surface area contributed by atoms with Crippen LogP contribution < -0.4 is 0 Å². The van der Waals surface area contributed by atoms with Crippen LogP contribution in [0.25, 0.3) is 16.8 Å². The molecule has 3 rings (SSSR count). The van der Waals surface area contributed by atoms with Crippen LogP contribution in [0.4, 0.5) is 0 Å². The Morgan fingerprint density at radius 2 is 1.71 bits per heavy atom. The van der Waals surface area contributed by atoms with E-state index in [1.165, 1.54) is 18.2 Å². The first kappa shape index (κ1) is 16.6. The topological polar surface area (TPSA) is 37.3 Å². The van der Waals surface area contributed by atoms with Gasteiger partial charge in [-0.1, -0.05) is 59.6 Å². The number of benzene rings is 3. The molecule has 3 aromatic carbocycles. The summed E-state index contributed by atoms with van der Waals surface area (Å²) in [5.74, 6) is -0.388. The van der Waals surface area contributed by atoms with Gasteiger partial charge in [0, 0.05) is 15.4 Å². The predicted molar refractivity (Wildman–Crippen MR) is 100 cm³/mol. The highest BCUT2D eigenvalue weighted by molar-refractivity contribution is 6.35. The molecular weight excluding hydrogens is 343 g/mol. The minimum absolute atomic E-state index is 0.0764. The van der Waals surface area contributed by atoms with Gasteiger partial charge in [0.25, 0.3) is 0 Å². The Kier molecular flexibility index (Phi) is 4.61. The van der Waals surface area contributed by atoms with Crippen molar-refractivity contribution in [3.05, 3.63) is 81.3 Å². The summed E-state index contributed by atoms with van der Waals surface area (Å²) >= 11 is 12.2. The average molecular weight is 357 g/mol. The maximum Gasteiger partial charge on any atom is 0.189 e. The van der Waals surface area contributed by atoms with E-state index in [9.17, 15) is 9.90 Å². The number of halogens is 2. The highest BCUT2D eigenvalue weighted by Crippen LogP contribution is 2.29. The van der Waals surface area contributed by atoms with Crippen molar-refractivity contribution in [1.82, 2.24) is 0 Å². The first-order valence-corrected chi connectivity index (χ1v) is 8.12. The Morgan fingerprint density at radius 1 is 1.00 bits per heavy atom. The molecular formula is C20H14Cl2O2. The Hall–Kier alpha value is -2.29. The molecule has 0 atom stereocenters. The number of aryl methyl sites for hydroxylation is 1. The van der Waals surface area contributed by atoms with Crippen molar-refractivity contribution in [3.63, 3.8) is 0 Å². The predicted octanol–water partition coefficient (Wildman–Crippen LogP) is 6.06. The quantitative estimate of drug-likeness (QED) is 0.457. The number of rotatable bonds is 3. The van der Waals surface area contributed by atoms with Gasteiger partial charge in [-0.2, -0.15) is 0 Å². The molecule has 0 aliphatic rings. The number of phenolic OH excluding ortho intramolecular Hbond substituents is 1. The molecule has 4 heteroatoms.